The Hall–Kier alpha value is -4.80. The third-order valence-corrected chi connectivity index (χ3v) is 6.85. The van der Waals surface area contributed by atoms with E-state index in [4.69, 9.17) is 21.0 Å². The summed E-state index contributed by atoms with van der Waals surface area (Å²) in [6, 6.07) is 40.7. The van der Waals surface area contributed by atoms with E-state index in [1.54, 1.807) is 0 Å². The van der Waals surface area contributed by atoms with Crippen LogP contribution in [0, 0.1) is 0 Å². The van der Waals surface area contributed by atoms with Gasteiger partial charge in [-0.1, -0.05) is 103 Å². The zero-order chi connectivity index (χ0) is 25.5. The molecule has 0 aliphatic carbocycles. The summed E-state index contributed by atoms with van der Waals surface area (Å²) in [5, 5.41) is 2.12. The van der Waals surface area contributed by atoms with Gasteiger partial charge in [-0.25, -0.2) is 4.98 Å². The van der Waals surface area contributed by atoms with Crippen LogP contribution in [0.4, 0.5) is 0 Å². The lowest BCUT2D eigenvalue weighted by atomic mass is 9.97. The van der Waals surface area contributed by atoms with E-state index in [9.17, 15) is 0 Å². The van der Waals surface area contributed by atoms with Crippen molar-refractivity contribution in [2.24, 2.45) is 0 Å². The summed E-state index contributed by atoms with van der Waals surface area (Å²) in [5.41, 5.74) is 7.69. The van der Waals surface area contributed by atoms with E-state index in [0.29, 0.717) is 11.6 Å². The lowest BCUT2D eigenvalue weighted by molar-refractivity contribution is 0.669. The van der Waals surface area contributed by atoms with Gasteiger partial charge in [-0.3, -0.25) is 0 Å². The summed E-state index contributed by atoms with van der Waals surface area (Å²) in [6.45, 7) is 0. The van der Waals surface area contributed by atoms with Gasteiger partial charge in [0.2, 0.25) is 5.28 Å². The van der Waals surface area contributed by atoms with Crippen molar-refractivity contribution in [2.75, 3.05) is 0 Å². The number of rotatable bonds is 4. The molecular weight excluding hydrogens is 490 g/mol. The molecule has 0 fully saturated rings. The summed E-state index contributed by atoms with van der Waals surface area (Å²) < 4.78 is 6.28. The van der Waals surface area contributed by atoms with Crippen LogP contribution >= 0.6 is 11.6 Å². The molecule has 7 rings (SSSR count). The Morgan fingerprint density at radius 1 is 0.447 bits per heavy atom. The Morgan fingerprint density at radius 3 is 1.74 bits per heavy atom. The standard InChI is InChI=1S/C33H20ClN3O/c34-33-36-31(24-15-7-14-23(20-24)21-10-3-1-4-11-21)35-32(37-33)26-17-9-19-28-30(26)29-25(16-8-18-27(29)38-28)22-12-5-2-6-13-22/h1-20H. The minimum Gasteiger partial charge on any atom is -0.456 e. The summed E-state index contributed by atoms with van der Waals surface area (Å²) in [7, 11) is 0. The van der Waals surface area contributed by atoms with Gasteiger partial charge >= 0.3 is 0 Å². The molecular formula is C33H20ClN3O. The average molecular weight is 510 g/mol. The van der Waals surface area contributed by atoms with Crippen LogP contribution in [0.3, 0.4) is 0 Å². The molecule has 0 amide bonds. The largest absolute Gasteiger partial charge is 0.456 e. The molecule has 0 spiro atoms. The third-order valence-electron chi connectivity index (χ3n) is 6.68. The van der Waals surface area contributed by atoms with Gasteiger partial charge in [-0.05, 0) is 52.1 Å². The highest BCUT2D eigenvalue weighted by Gasteiger charge is 2.19. The van der Waals surface area contributed by atoms with Crippen LogP contribution in [-0.4, -0.2) is 15.0 Å². The monoisotopic (exact) mass is 509 g/mol. The predicted octanol–water partition coefficient (Wildman–Crippen LogP) is 9.09. The molecule has 5 aromatic carbocycles. The van der Waals surface area contributed by atoms with Crippen molar-refractivity contribution in [3.8, 4) is 45.0 Å². The van der Waals surface area contributed by atoms with Gasteiger partial charge in [0.1, 0.15) is 11.2 Å². The molecule has 5 heteroatoms. The smallest absolute Gasteiger partial charge is 0.226 e. The van der Waals surface area contributed by atoms with Crippen LogP contribution in [0.2, 0.25) is 5.28 Å². The fourth-order valence-corrected chi connectivity index (χ4v) is 5.14. The van der Waals surface area contributed by atoms with E-state index < -0.39 is 0 Å². The number of fused-ring (bicyclic) bond motifs is 3. The molecule has 0 saturated heterocycles. The molecule has 0 aliphatic heterocycles. The van der Waals surface area contributed by atoms with E-state index in [0.717, 1.165) is 55.3 Å². The number of nitrogens with zero attached hydrogens (tertiary/aromatic N) is 3. The van der Waals surface area contributed by atoms with Crippen LogP contribution in [0.25, 0.3) is 67.0 Å². The molecule has 0 aliphatic rings. The topological polar surface area (TPSA) is 51.8 Å². The summed E-state index contributed by atoms with van der Waals surface area (Å²) in [4.78, 5) is 13.9. The lowest BCUT2D eigenvalue weighted by Gasteiger charge is -2.09. The maximum Gasteiger partial charge on any atom is 0.226 e. The Labute approximate surface area is 224 Å². The Balaban J connectivity index is 1.43. The normalized spacial score (nSPS) is 11.3. The molecule has 0 atom stereocenters. The van der Waals surface area contributed by atoms with Crippen molar-refractivity contribution in [1.82, 2.24) is 15.0 Å². The highest BCUT2D eigenvalue weighted by atomic mass is 35.5. The first kappa shape index (κ1) is 22.4. The first-order valence-electron chi connectivity index (χ1n) is 12.3. The van der Waals surface area contributed by atoms with Crippen LogP contribution in [0.1, 0.15) is 0 Å². The van der Waals surface area contributed by atoms with E-state index in [1.807, 2.05) is 78.9 Å². The number of hydrogen-bond donors (Lipinski definition) is 0. The van der Waals surface area contributed by atoms with Gasteiger partial charge in [0, 0.05) is 21.9 Å². The Morgan fingerprint density at radius 2 is 1.00 bits per heavy atom. The molecule has 2 heterocycles. The number of benzene rings is 5. The minimum absolute atomic E-state index is 0.142. The summed E-state index contributed by atoms with van der Waals surface area (Å²) in [5.74, 6) is 1.02. The molecule has 0 N–H and O–H groups in total. The average Bonchev–Trinajstić information content (AvgIpc) is 3.37. The Bertz CT molecular complexity index is 1930. The fraction of sp³-hybridized carbons (Fsp3) is 0. The van der Waals surface area contributed by atoms with Gasteiger partial charge in [-0.2, -0.15) is 9.97 Å². The summed E-state index contributed by atoms with van der Waals surface area (Å²) >= 11 is 6.49. The molecule has 180 valence electrons. The molecule has 0 saturated carbocycles. The quantitative estimate of drug-likeness (QED) is 0.237. The van der Waals surface area contributed by atoms with Gasteiger partial charge < -0.3 is 4.42 Å². The molecule has 38 heavy (non-hydrogen) atoms. The molecule has 0 bridgehead atoms. The molecule has 2 aromatic heterocycles. The molecule has 0 radical (unpaired) electrons. The first-order chi connectivity index (χ1) is 18.7. The first-order valence-corrected chi connectivity index (χ1v) is 12.7. The van der Waals surface area contributed by atoms with Gasteiger partial charge in [0.05, 0.1) is 0 Å². The number of halogens is 1. The lowest BCUT2D eigenvalue weighted by Crippen LogP contribution is -1.98. The second-order valence-electron chi connectivity index (χ2n) is 9.02. The van der Waals surface area contributed by atoms with Gasteiger partial charge in [0.15, 0.2) is 11.6 Å². The summed E-state index contributed by atoms with van der Waals surface area (Å²) in [6.07, 6.45) is 0. The Kier molecular flexibility index (Phi) is 5.46. The van der Waals surface area contributed by atoms with Crippen molar-refractivity contribution in [2.45, 2.75) is 0 Å². The van der Waals surface area contributed by atoms with Crippen molar-refractivity contribution in [1.29, 1.82) is 0 Å². The number of hydrogen-bond acceptors (Lipinski definition) is 4. The highest BCUT2D eigenvalue weighted by molar-refractivity contribution is 6.28. The molecule has 0 unspecified atom stereocenters. The number of furan rings is 1. The fourth-order valence-electron chi connectivity index (χ4n) is 4.98. The maximum absolute atomic E-state index is 6.49. The van der Waals surface area contributed by atoms with E-state index in [2.05, 4.69) is 52.4 Å². The predicted molar refractivity (Wildman–Crippen MR) is 154 cm³/mol. The van der Waals surface area contributed by atoms with Crippen LogP contribution in [0.5, 0.6) is 0 Å². The second-order valence-corrected chi connectivity index (χ2v) is 9.36. The molecule has 4 nitrogen and oxygen atoms in total. The van der Waals surface area contributed by atoms with Crippen molar-refractivity contribution < 1.29 is 4.42 Å². The van der Waals surface area contributed by atoms with Gasteiger partial charge in [0.25, 0.3) is 0 Å². The third kappa shape index (κ3) is 3.92. The van der Waals surface area contributed by atoms with E-state index >= 15 is 0 Å². The molecule has 7 aromatic rings. The second kappa shape index (κ2) is 9.25. The SMILES string of the molecule is Clc1nc(-c2cccc(-c3ccccc3)c2)nc(-c2cccc3oc4cccc(-c5ccccc5)c4c23)n1. The zero-order valence-electron chi connectivity index (χ0n) is 20.2. The van der Waals surface area contributed by atoms with Crippen LogP contribution < -0.4 is 0 Å². The van der Waals surface area contributed by atoms with Crippen molar-refractivity contribution in [3.63, 3.8) is 0 Å². The highest BCUT2D eigenvalue weighted by Crippen LogP contribution is 2.41. The van der Waals surface area contributed by atoms with Crippen molar-refractivity contribution in [3.05, 3.63) is 127 Å². The minimum atomic E-state index is 0.142. The van der Waals surface area contributed by atoms with E-state index in [-0.39, 0.29) is 5.28 Å². The van der Waals surface area contributed by atoms with E-state index in [1.165, 1.54) is 0 Å². The number of aromatic nitrogens is 3. The van der Waals surface area contributed by atoms with Gasteiger partial charge in [-0.15, -0.1) is 0 Å². The van der Waals surface area contributed by atoms with Crippen LogP contribution in [0.15, 0.2) is 126 Å². The maximum atomic E-state index is 6.49. The van der Waals surface area contributed by atoms with Crippen LogP contribution in [-0.2, 0) is 0 Å². The zero-order valence-corrected chi connectivity index (χ0v) is 20.9. The van der Waals surface area contributed by atoms with Crippen molar-refractivity contribution >= 4 is 33.5 Å².